The van der Waals surface area contributed by atoms with Gasteiger partial charge in [0.05, 0.1) is 16.7 Å². The van der Waals surface area contributed by atoms with Gasteiger partial charge in [-0.05, 0) is 20.8 Å². The number of hydrogen-bond donors (Lipinski definition) is 2. The molecule has 0 unspecified atom stereocenters. The molecule has 1 aromatic rings. The zero-order valence-corrected chi connectivity index (χ0v) is 11.9. The van der Waals surface area contributed by atoms with Gasteiger partial charge in [0.15, 0.2) is 0 Å². The topological polar surface area (TPSA) is 83.4 Å². The maximum atomic E-state index is 12.0. The van der Waals surface area contributed by atoms with Gasteiger partial charge in [-0.15, -0.1) is 11.3 Å². The zero-order chi connectivity index (χ0) is 14.0. The van der Waals surface area contributed by atoms with Crippen LogP contribution in [0, 0.1) is 13.8 Å². The minimum Gasteiger partial charge on any atom is -0.343 e. The van der Waals surface area contributed by atoms with Crippen LogP contribution in [-0.4, -0.2) is 22.5 Å². The molecule has 0 saturated carbocycles. The van der Waals surface area contributed by atoms with Crippen molar-refractivity contribution in [2.75, 3.05) is 0 Å². The lowest BCUT2D eigenvalue weighted by atomic mass is 10.1. The fourth-order valence-corrected chi connectivity index (χ4v) is 2.85. The maximum absolute atomic E-state index is 12.0. The van der Waals surface area contributed by atoms with Gasteiger partial charge >= 0.3 is 0 Å². The minimum absolute atomic E-state index is 0.157. The Bertz CT molecular complexity index is 550. The predicted molar refractivity (Wildman–Crippen MR) is 73.0 cm³/mol. The van der Waals surface area contributed by atoms with E-state index in [0.717, 1.165) is 15.6 Å². The van der Waals surface area contributed by atoms with Gasteiger partial charge in [-0.3, -0.25) is 9.59 Å². The molecule has 0 fully saturated rings. The molecule has 0 aliphatic carbocycles. The molecule has 6 nitrogen and oxygen atoms in total. The summed E-state index contributed by atoms with van der Waals surface area (Å²) in [4.78, 5) is 28.5. The van der Waals surface area contributed by atoms with Gasteiger partial charge in [-0.2, -0.15) is 5.10 Å². The van der Waals surface area contributed by atoms with Crippen molar-refractivity contribution in [1.29, 1.82) is 0 Å². The first-order valence-corrected chi connectivity index (χ1v) is 6.89. The number of hydrogen-bond acceptors (Lipinski definition) is 5. The van der Waals surface area contributed by atoms with Crippen LogP contribution in [0.25, 0.3) is 0 Å². The number of nitrogens with zero attached hydrogens (tertiary/aromatic N) is 2. The van der Waals surface area contributed by atoms with Gasteiger partial charge in [-0.1, -0.05) is 0 Å². The van der Waals surface area contributed by atoms with Crippen LogP contribution < -0.4 is 10.7 Å². The first kappa shape index (κ1) is 13.7. The van der Waals surface area contributed by atoms with E-state index in [4.69, 9.17) is 0 Å². The van der Waals surface area contributed by atoms with Crippen molar-refractivity contribution >= 4 is 28.9 Å². The van der Waals surface area contributed by atoms with Crippen molar-refractivity contribution in [3.8, 4) is 0 Å². The van der Waals surface area contributed by atoms with Gasteiger partial charge in [0.1, 0.15) is 5.71 Å². The summed E-state index contributed by atoms with van der Waals surface area (Å²) >= 11 is 1.61. The van der Waals surface area contributed by atoms with Crippen molar-refractivity contribution in [3.05, 3.63) is 15.6 Å². The number of rotatable bonds is 3. The van der Waals surface area contributed by atoms with Crippen molar-refractivity contribution < 1.29 is 9.59 Å². The van der Waals surface area contributed by atoms with E-state index in [2.05, 4.69) is 20.8 Å². The fraction of sp³-hybridized carbons (Fsp3) is 0.500. The van der Waals surface area contributed by atoms with Crippen LogP contribution in [0.5, 0.6) is 0 Å². The average molecular weight is 280 g/mol. The normalized spacial score (nSPS) is 16.6. The predicted octanol–water partition coefficient (Wildman–Crippen LogP) is 1.20. The fourth-order valence-electron chi connectivity index (χ4n) is 1.93. The zero-order valence-electron chi connectivity index (χ0n) is 11.1. The lowest BCUT2D eigenvalue weighted by molar-refractivity contribution is -0.121. The molecule has 2 heterocycles. The van der Waals surface area contributed by atoms with Crippen LogP contribution in [0.3, 0.4) is 0 Å². The Labute approximate surface area is 115 Å². The standard InChI is InChI=1S/C12H16N4O2S/c1-6(11-7(2)19-8(3)14-11)13-12(18)9-4-5-10(17)16-15-9/h6H,4-5H2,1-3H3,(H,13,18)(H,16,17)/t6-/m1/s1. The Kier molecular flexibility index (Phi) is 3.94. The first-order chi connectivity index (χ1) is 8.97. The van der Waals surface area contributed by atoms with Gasteiger partial charge < -0.3 is 5.32 Å². The number of thiazole rings is 1. The molecule has 0 bridgehead atoms. The van der Waals surface area contributed by atoms with E-state index in [1.54, 1.807) is 11.3 Å². The molecular weight excluding hydrogens is 264 g/mol. The Morgan fingerprint density at radius 3 is 2.68 bits per heavy atom. The molecule has 19 heavy (non-hydrogen) atoms. The highest BCUT2D eigenvalue weighted by atomic mass is 32.1. The summed E-state index contributed by atoms with van der Waals surface area (Å²) in [5.41, 5.74) is 3.56. The average Bonchev–Trinajstić information content (AvgIpc) is 2.69. The molecule has 1 aromatic heterocycles. The molecule has 102 valence electrons. The number of hydrazone groups is 1. The number of carbonyl (C=O) groups excluding carboxylic acids is 2. The summed E-state index contributed by atoms with van der Waals surface area (Å²) in [7, 11) is 0. The second-order valence-electron chi connectivity index (χ2n) is 4.46. The van der Waals surface area contributed by atoms with E-state index in [-0.39, 0.29) is 17.9 Å². The third-order valence-electron chi connectivity index (χ3n) is 2.86. The van der Waals surface area contributed by atoms with Crippen LogP contribution in [0.1, 0.15) is 41.4 Å². The number of amides is 2. The summed E-state index contributed by atoms with van der Waals surface area (Å²) < 4.78 is 0. The summed E-state index contributed by atoms with van der Waals surface area (Å²) in [5.74, 6) is -0.409. The van der Waals surface area contributed by atoms with Crippen LogP contribution in [0.4, 0.5) is 0 Å². The highest BCUT2D eigenvalue weighted by Crippen LogP contribution is 2.22. The third kappa shape index (κ3) is 3.17. The molecule has 0 spiro atoms. The largest absolute Gasteiger partial charge is 0.343 e. The minimum atomic E-state index is -0.252. The molecular formula is C12H16N4O2S. The van der Waals surface area contributed by atoms with Crippen molar-refractivity contribution in [3.63, 3.8) is 0 Å². The van der Waals surface area contributed by atoms with Gasteiger partial charge in [0.2, 0.25) is 5.91 Å². The van der Waals surface area contributed by atoms with Gasteiger partial charge in [-0.25, -0.2) is 10.4 Å². The smallest absolute Gasteiger partial charge is 0.268 e. The lowest BCUT2D eigenvalue weighted by Gasteiger charge is -2.15. The van der Waals surface area contributed by atoms with E-state index in [0.29, 0.717) is 18.6 Å². The van der Waals surface area contributed by atoms with E-state index >= 15 is 0 Å². The van der Waals surface area contributed by atoms with Crippen LogP contribution in [-0.2, 0) is 9.59 Å². The van der Waals surface area contributed by atoms with E-state index in [1.165, 1.54) is 0 Å². The van der Waals surface area contributed by atoms with E-state index < -0.39 is 0 Å². The Hall–Kier alpha value is -1.76. The first-order valence-electron chi connectivity index (χ1n) is 6.07. The Morgan fingerprint density at radius 1 is 1.42 bits per heavy atom. The third-order valence-corrected chi connectivity index (χ3v) is 3.77. The summed E-state index contributed by atoms with van der Waals surface area (Å²) in [5, 5.41) is 7.61. The molecule has 2 rings (SSSR count). The van der Waals surface area contributed by atoms with Crippen molar-refractivity contribution in [2.24, 2.45) is 5.10 Å². The highest BCUT2D eigenvalue weighted by molar-refractivity contribution is 7.11. The van der Waals surface area contributed by atoms with Crippen LogP contribution >= 0.6 is 11.3 Å². The molecule has 1 aliphatic heterocycles. The van der Waals surface area contributed by atoms with E-state index in [1.807, 2.05) is 20.8 Å². The summed E-state index contributed by atoms with van der Waals surface area (Å²) in [6, 6.07) is -0.169. The van der Waals surface area contributed by atoms with Crippen molar-refractivity contribution in [2.45, 2.75) is 39.7 Å². The Morgan fingerprint density at radius 2 is 2.16 bits per heavy atom. The number of aromatic nitrogens is 1. The SMILES string of the molecule is Cc1nc([C@@H](C)NC(=O)C2=NNC(=O)CC2)c(C)s1. The molecule has 1 atom stereocenters. The number of carbonyl (C=O) groups is 2. The molecule has 7 heteroatoms. The monoisotopic (exact) mass is 280 g/mol. The lowest BCUT2D eigenvalue weighted by Crippen LogP contribution is -2.38. The highest BCUT2D eigenvalue weighted by Gasteiger charge is 2.21. The second-order valence-corrected chi connectivity index (χ2v) is 5.87. The molecule has 0 saturated heterocycles. The van der Waals surface area contributed by atoms with Crippen LogP contribution in [0.2, 0.25) is 0 Å². The molecule has 2 amide bonds. The molecule has 1 aliphatic rings. The quantitative estimate of drug-likeness (QED) is 0.872. The summed E-state index contributed by atoms with van der Waals surface area (Å²) in [6.45, 7) is 5.82. The molecule has 0 aromatic carbocycles. The second kappa shape index (κ2) is 5.48. The van der Waals surface area contributed by atoms with Gasteiger partial charge in [0.25, 0.3) is 5.91 Å². The Balaban J connectivity index is 2.03. The van der Waals surface area contributed by atoms with Crippen LogP contribution in [0.15, 0.2) is 5.10 Å². The molecule has 0 radical (unpaired) electrons. The number of nitrogens with one attached hydrogen (secondary N) is 2. The number of aryl methyl sites for hydroxylation is 2. The molecule has 2 N–H and O–H groups in total. The van der Waals surface area contributed by atoms with Crippen molar-refractivity contribution in [1.82, 2.24) is 15.7 Å². The summed E-state index contributed by atoms with van der Waals surface area (Å²) in [6.07, 6.45) is 0.676. The van der Waals surface area contributed by atoms with E-state index in [9.17, 15) is 9.59 Å². The maximum Gasteiger partial charge on any atom is 0.268 e. The van der Waals surface area contributed by atoms with Gasteiger partial charge in [0, 0.05) is 17.7 Å².